The van der Waals surface area contributed by atoms with E-state index in [0.717, 1.165) is 21.8 Å². The molecule has 0 saturated carbocycles. The number of methoxy groups -OCH3 is 1. The molecule has 0 fully saturated rings. The summed E-state index contributed by atoms with van der Waals surface area (Å²) in [5.74, 6) is 1.95. The first kappa shape index (κ1) is 23.1. The van der Waals surface area contributed by atoms with E-state index in [1.807, 2.05) is 88.4 Å². The Labute approximate surface area is 197 Å². The summed E-state index contributed by atoms with van der Waals surface area (Å²) in [4.78, 5) is 6.16. The number of hydrogen-bond acceptors (Lipinski definition) is 5. The molecule has 0 radical (unpaired) electrons. The Morgan fingerprint density at radius 3 is 2.27 bits per heavy atom. The van der Waals surface area contributed by atoms with Gasteiger partial charge in [-0.05, 0) is 75.7 Å². The van der Waals surface area contributed by atoms with Gasteiger partial charge in [-0.2, -0.15) is 0 Å². The largest absolute Gasteiger partial charge is 0.497 e. The fourth-order valence-electron chi connectivity index (χ4n) is 3.55. The average molecular weight is 464 g/mol. The van der Waals surface area contributed by atoms with Crippen molar-refractivity contribution in [3.63, 3.8) is 0 Å². The second kappa shape index (κ2) is 9.40. The monoisotopic (exact) mass is 463 g/mol. The van der Waals surface area contributed by atoms with Gasteiger partial charge in [0.05, 0.1) is 28.4 Å². The van der Waals surface area contributed by atoms with Gasteiger partial charge in [0.2, 0.25) is 5.90 Å². The van der Waals surface area contributed by atoms with Gasteiger partial charge in [0.1, 0.15) is 29.7 Å². The molecule has 33 heavy (non-hydrogen) atoms. The summed E-state index contributed by atoms with van der Waals surface area (Å²) in [6, 6.07) is 21.0. The van der Waals surface area contributed by atoms with Crippen LogP contribution in [0.3, 0.4) is 0 Å². The van der Waals surface area contributed by atoms with Gasteiger partial charge in [-0.1, -0.05) is 29.8 Å². The van der Waals surface area contributed by atoms with Gasteiger partial charge >= 0.3 is 0 Å². The highest BCUT2D eigenvalue weighted by Crippen LogP contribution is 2.31. The summed E-state index contributed by atoms with van der Waals surface area (Å²) < 4.78 is 30.7. The van der Waals surface area contributed by atoms with E-state index in [4.69, 9.17) is 19.2 Å². The number of benzene rings is 3. The topological polar surface area (TPSA) is 57.1 Å². The zero-order valence-corrected chi connectivity index (χ0v) is 20.4. The van der Waals surface area contributed by atoms with Gasteiger partial charge in [0.25, 0.3) is 0 Å². The third-order valence-electron chi connectivity index (χ3n) is 5.19. The lowest BCUT2D eigenvalue weighted by atomic mass is 10.1. The van der Waals surface area contributed by atoms with Crippen molar-refractivity contribution in [2.75, 3.05) is 13.7 Å². The van der Waals surface area contributed by atoms with E-state index in [-0.39, 0.29) is 11.6 Å². The number of rotatable bonds is 6. The van der Waals surface area contributed by atoms with E-state index in [1.54, 1.807) is 13.2 Å². The molecular weight excluding hydrogens is 434 g/mol. The van der Waals surface area contributed by atoms with Crippen LogP contribution in [0, 0.1) is 6.92 Å². The van der Waals surface area contributed by atoms with Crippen molar-refractivity contribution in [1.82, 2.24) is 0 Å². The minimum Gasteiger partial charge on any atom is -0.497 e. The van der Waals surface area contributed by atoms with Gasteiger partial charge in [-0.15, -0.1) is 0 Å². The van der Waals surface area contributed by atoms with Crippen molar-refractivity contribution >= 4 is 16.7 Å². The third kappa shape index (κ3) is 5.45. The summed E-state index contributed by atoms with van der Waals surface area (Å²) in [6.45, 7) is 8.50. The summed E-state index contributed by atoms with van der Waals surface area (Å²) in [5, 5.41) is 0. The molecule has 5 nitrogen and oxygen atoms in total. The minimum atomic E-state index is -1.40. The second-order valence-electron chi connectivity index (χ2n) is 8.99. The van der Waals surface area contributed by atoms with Gasteiger partial charge < -0.3 is 14.2 Å². The molecule has 0 N–H and O–H groups in total. The smallest absolute Gasteiger partial charge is 0.218 e. The predicted molar refractivity (Wildman–Crippen MR) is 131 cm³/mol. The molecule has 0 spiro atoms. The molecular formula is C27H29NO4S. The predicted octanol–water partition coefficient (Wildman–Crippen LogP) is 5.87. The van der Waals surface area contributed by atoms with E-state index in [2.05, 4.69) is 0 Å². The fraction of sp³-hybridized carbons (Fsp3) is 0.296. The molecule has 1 heterocycles. The van der Waals surface area contributed by atoms with E-state index in [0.29, 0.717) is 28.7 Å². The van der Waals surface area contributed by atoms with Gasteiger partial charge in [0, 0.05) is 4.90 Å². The van der Waals surface area contributed by atoms with Crippen LogP contribution >= 0.6 is 0 Å². The van der Waals surface area contributed by atoms with Crippen LogP contribution < -0.4 is 9.47 Å². The highest BCUT2D eigenvalue weighted by Gasteiger charge is 2.26. The number of aryl methyl sites for hydroxylation is 1. The molecule has 0 saturated heterocycles. The first-order valence-corrected chi connectivity index (χ1v) is 12.0. The summed E-state index contributed by atoms with van der Waals surface area (Å²) in [7, 11) is 0.197. The molecule has 1 aliphatic rings. The lowest BCUT2D eigenvalue weighted by Gasteiger charge is -2.21. The summed E-state index contributed by atoms with van der Waals surface area (Å²) in [5.41, 5.74) is 2.62. The average Bonchev–Trinajstić information content (AvgIpc) is 3.28. The van der Waals surface area contributed by atoms with Crippen molar-refractivity contribution in [1.29, 1.82) is 0 Å². The maximum absolute atomic E-state index is 13.4. The number of aliphatic imine (C=N–C) groups is 1. The third-order valence-corrected chi connectivity index (χ3v) is 6.63. The Kier molecular flexibility index (Phi) is 6.56. The van der Waals surface area contributed by atoms with E-state index in [1.165, 1.54) is 0 Å². The molecule has 4 rings (SSSR count). The summed E-state index contributed by atoms with van der Waals surface area (Å²) in [6.07, 6.45) is 0. The highest BCUT2D eigenvalue weighted by molar-refractivity contribution is 7.85. The van der Waals surface area contributed by atoms with E-state index >= 15 is 0 Å². The molecule has 6 heteroatoms. The molecule has 172 valence electrons. The van der Waals surface area contributed by atoms with Crippen LogP contribution in [-0.4, -0.2) is 29.4 Å². The fourth-order valence-corrected chi connectivity index (χ4v) is 4.77. The highest BCUT2D eigenvalue weighted by atomic mass is 32.2. The van der Waals surface area contributed by atoms with Crippen molar-refractivity contribution in [2.24, 2.45) is 4.99 Å². The first-order valence-electron chi connectivity index (χ1n) is 10.9. The van der Waals surface area contributed by atoms with Crippen LogP contribution in [0.4, 0.5) is 0 Å². The van der Waals surface area contributed by atoms with Crippen molar-refractivity contribution in [2.45, 2.75) is 49.1 Å². The maximum Gasteiger partial charge on any atom is 0.218 e. The standard InChI is InChI=1S/C27H29NO4S/c1-18-6-13-22(14-7-18)33(29)25-16-21(30-5)12-15-23(25)26-28-24(17-31-26)19-8-10-20(11-9-19)32-27(2,3)4/h6-16,24H,17H2,1-5H3/t24-,33?/m1/s1. The zero-order valence-electron chi connectivity index (χ0n) is 19.6. The Morgan fingerprint density at radius 2 is 1.64 bits per heavy atom. The normalized spacial score (nSPS) is 16.6. The SMILES string of the molecule is COc1ccc(C2=N[C@@H](c3ccc(OC(C)(C)C)cc3)CO2)c(S(=O)c2ccc(C)cc2)c1. The molecule has 1 aliphatic heterocycles. The number of hydrogen-bond donors (Lipinski definition) is 0. The van der Waals surface area contributed by atoms with Crippen molar-refractivity contribution in [3.05, 3.63) is 83.4 Å². The zero-order chi connectivity index (χ0) is 23.6. The lowest BCUT2D eigenvalue weighted by molar-refractivity contribution is 0.131. The molecule has 3 aromatic rings. The minimum absolute atomic E-state index is 0.133. The molecule has 1 unspecified atom stereocenters. The second-order valence-corrected chi connectivity index (χ2v) is 10.4. The number of ether oxygens (including phenoxy) is 3. The Hall–Kier alpha value is -3.12. The van der Waals surface area contributed by atoms with Crippen molar-refractivity contribution < 1.29 is 18.4 Å². The van der Waals surface area contributed by atoms with Crippen LogP contribution in [0.25, 0.3) is 0 Å². The molecule has 0 aliphatic carbocycles. The molecule has 2 atom stereocenters. The molecule has 0 amide bonds. The molecule has 0 bridgehead atoms. The van der Waals surface area contributed by atoms with Gasteiger partial charge in [-0.25, -0.2) is 9.20 Å². The molecule has 0 aromatic heterocycles. The van der Waals surface area contributed by atoms with Gasteiger partial charge in [0.15, 0.2) is 0 Å². The Morgan fingerprint density at radius 1 is 0.970 bits per heavy atom. The van der Waals surface area contributed by atoms with Crippen LogP contribution in [0.1, 0.15) is 43.5 Å². The summed E-state index contributed by atoms with van der Waals surface area (Å²) >= 11 is 0. The van der Waals surface area contributed by atoms with Crippen LogP contribution in [0.15, 0.2) is 81.5 Å². The van der Waals surface area contributed by atoms with Crippen LogP contribution in [-0.2, 0) is 15.5 Å². The van der Waals surface area contributed by atoms with Crippen molar-refractivity contribution in [3.8, 4) is 11.5 Å². The lowest BCUT2D eigenvalue weighted by Crippen LogP contribution is -2.22. The number of nitrogens with zero attached hydrogens (tertiary/aromatic N) is 1. The molecule has 3 aromatic carbocycles. The van der Waals surface area contributed by atoms with Gasteiger partial charge in [-0.3, -0.25) is 0 Å². The quantitative estimate of drug-likeness (QED) is 0.459. The maximum atomic E-state index is 13.4. The van der Waals surface area contributed by atoms with E-state index < -0.39 is 10.8 Å². The Bertz CT molecular complexity index is 1180. The van der Waals surface area contributed by atoms with Crippen LogP contribution in [0.2, 0.25) is 0 Å². The van der Waals surface area contributed by atoms with E-state index in [9.17, 15) is 4.21 Å². The Balaban J connectivity index is 1.63. The first-order chi connectivity index (χ1) is 15.7. The van der Waals surface area contributed by atoms with Crippen LogP contribution in [0.5, 0.6) is 11.5 Å².